The normalized spacial score (nSPS) is 19.7. The van der Waals surface area contributed by atoms with Crippen LogP contribution in [0.4, 0.5) is 5.82 Å². The molecular weight excluding hydrogens is 232 g/mol. The number of carbonyl (C=O) groups is 2. The maximum Gasteiger partial charge on any atom is 0.230 e. The number of hydrogen-bond acceptors (Lipinski definition) is 3. The molecule has 98 valence electrons. The Morgan fingerprint density at radius 3 is 3.00 bits per heavy atom. The van der Waals surface area contributed by atoms with Gasteiger partial charge in [0.2, 0.25) is 11.8 Å². The molecule has 2 rings (SSSR count). The number of amides is 2. The van der Waals surface area contributed by atoms with Crippen molar-refractivity contribution in [3.8, 4) is 0 Å². The van der Waals surface area contributed by atoms with Crippen molar-refractivity contribution in [3.05, 3.63) is 12.3 Å². The quantitative estimate of drug-likeness (QED) is 0.837. The molecule has 0 aromatic carbocycles. The van der Waals surface area contributed by atoms with Gasteiger partial charge in [-0.1, -0.05) is 0 Å². The van der Waals surface area contributed by atoms with E-state index < -0.39 is 0 Å². The van der Waals surface area contributed by atoms with E-state index in [-0.39, 0.29) is 23.8 Å². The molecule has 1 unspecified atom stereocenters. The summed E-state index contributed by atoms with van der Waals surface area (Å²) in [5.41, 5.74) is 0. The molecule has 1 aromatic rings. The molecule has 2 amide bonds. The second-order valence-electron chi connectivity index (χ2n) is 4.78. The minimum absolute atomic E-state index is 0.0197. The first-order chi connectivity index (χ1) is 8.58. The second-order valence-corrected chi connectivity index (χ2v) is 4.78. The van der Waals surface area contributed by atoms with Gasteiger partial charge < -0.3 is 10.6 Å². The van der Waals surface area contributed by atoms with Gasteiger partial charge in [0.25, 0.3) is 0 Å². The number of piperidine rings is 1. The van der Waals surface area contributed by atoms with Gasteiger partial charge in [0, 0.05) is 25.1 Å². The Morgan fingerprint density at radius 1 is 1.61 bits per heavy atom. The van der Waals surface area contributed by atoms with E-state index in [1.807, 2.05) is 13.8 Å². The lowest BCUT2D eigenvalue weighted by molar-refractivity contribution is -0.126. The van der Waals surface area contributed by atoms with E-state index in [1.165, 1.54) is 0 Å². The highest BCUT2D eigenvalue weighted by molar-refractivity contribution is 5.93. The van der Waals surface area contributed by atoms with Crippen LogP contribution in [0.2, 0.25) is 0 Å². The fraction of sp³-hybridized carbons (Fsp3) is 0.583. The third-order valence-corrected chi connectivity index (χ3v) is 3.05. The molecule has 1 fully saturated rings. The Balaban J connectivity index is 1.98. The van der Waals surface area contributed by atoms with Crippen LogP contribution in [0.5, 0.6) is 0 Å². The van der Waals surface area contributed by atoms with Crippen molar-refractivity contribution in [2.45, 2.75) is 32.7 Å². The van der Waals surface area contributed by atoms with Crippen LogP contribution in [0.3, 0.4) is 0 Å². The van der Waals surface area contributed by atoms with Crippen molar-refractivity contribution < 1.29 is 9.59 Å². The lowest BCUT2D eigenvalue weighted by atomic mass is 9.98. The Bertz CT molecular complexity index is 443. The summed E-state index contributed by atoms with van der Waals surface area (Å²) in [4.78, 5) is 23.1. The van der Waals surface area contributed by atoms with Crippen molar-refractivity contribution in [3.63, 3.8) is 0 Å². The molecule has 1 atom stereocenters. The van der Waals surface area contributed by atoms with Crippen LogP contribution in [0, 0.1) is 5.92 Å². The largest absolute Gasteiger partial charge is 0.355 e. The van der Waals surface area contributed by atoms with Crippen molar-refractivity contribution in [2.24, 2.45) is 5.92 Å². The summed E-state index contributed by atoms with van der Waals surface area (Å²) in [7, 11) is 0. The number of rotatable bonds is 3. The summed E-state index contributed by atoms with van der Waals surface area (Å²) in [6, 6.07) is 1.97. The predicted molar refractivity (Wildman–Crippen MR) is 67.0 cm³/mol. The maximum atomic E-state index is 12.0. The van der Waals surface area contributed by atoms with Crippen LogP contribution in [0.15, 0.2) is 12.3 Å². The van der Waals surface area contributed by atoms with Gasteiger partial charge in [-0.15, -0.1) is 0 Å². The molecular formula is C12H18N4O2. The molecule has 18 heavy (non-hydrogen) atoms. The van der Waals surface area contributed by atoms with Crippen molar-refractivity contribution in [1.29, 1.82) is 0 Å². The topological polar surface area (TPSA) is 76.0 Å². The third kappa shape index (κ3) is 2.69. The number of hydrogen-bond donors (Lipinski definition) is 2. The van der Waals surface area contributed by atoms with E-state index in [1.54, 1.807) is 16.9 Å². The second kappa shape index (κ2) is 5.20. The predicted octanol–water partition coefficient (Wildman–Crippen LogP) is 0.929. The van der Waals surface area contributed by atoms with Crippen LogP contribution in [-0.2, 0) is 9.59 Å². The van der Waals surface area contributed by atoms with E-state index in [9.17, 15) is 9.59 Å². The first-order valence-electron chi connectivity index (χ1n) is 6.19. The molecule has 1 aliphatic heterocycles. The van der Waals surface area contributed by atoms with E-state index >= 15 is 0 Å². The van der Waals surface area contributed by atoms with Gasteiger partial charge in [0.1, 0.15) is 5.82 Å². The Labute approximate surface area is 106 Å². The molecule has 0 bridgehead atoms. The minimum atomic E-state index is -0.154. The summed E-state index contributed by atoms with van der Waals surface area (Å²) in [6.45, 7) is 4.42. The smallest absolute Gasteiger partial charge is 0.230 e. The van der Waals surface area contributed by atoms with Crippen LogP contribution in [0.1, 0.15) is 32.7 Å². The van der Waals surface area contributed by atoms with Crippen LogP contribution < -0.4 is 10.6 Å². The molecule has 6 heteroatoms. The van der Waals surface area contributed by atoms with Crippen molar-refractivity contribution in [1.82, 2.24) is 15.1 Å². The zero-order valence-electron chi connectivity index (χ0n) is 10.6. The molecule has 2 N–H and O–H groups in total. The fourth-order valence-electron chi connectivity index (χ4n) is 2.01. The maximum absolute atomic E-state index is 12.0. The molecule has 2 heterocycles. The van der Waals surface area contributed by atoms with Gasteiger partial charge in [-0.3, -0.25) is 9.59 Å². The van der Waals surface area contributed by atoms with E-state index in [0.29, 0.717) is 25.2 Å². The lowest BCUT2D eigenvalue weighted by Gasteiger charge is -2.22. The molecule has 0 saturated carbocycles. The van der Waals surface area contributed by atoms with E-state index in [0.717, 1.165) is 0 Å². The first-order valence-corrected chi connectivity index (χ1v) is 6.19. The third-order valence-electron chi connectivity index (χ3n) is 3.05. The summed E-state index contributed by atoms with van der Waals surface area (Å²) in [6.07, 6.45) is 2.69. The Morgan fingerprint density at radius 2 is 2.39 bits per heavy atom. The number of nitrogens with one attached hydrogen (secondary N) is 2. The highest BCUT2D eigenvalue weighted by Crippen LogP contribution is 2.17. The van der Waals surface area contributed by atoms with E-state index in [2.05, 4.69) is 15.7 Å². The highest BCUT2D eigenvalue weighted by atomic mass is 16.2. The molecule has 0 aliphatic carbocycles. The molecule has 0 radical (unpaired) electrons. The standard InChI is InChI=1S/C12H18N4O2/c1-8(2)16-10(5-6-14-16)15-12(18)9-3-4-11(17)13-7-9/h5-6,8-9H,3-4,7H2,1-2H3,(H,13,17)(H,15,18). The Hall–Kier alpha value is -1.85. The Kier molecular flexibility index (Phi) is 3.64. The molecule has 1 aliphatic rings. The average molecular weight is 250 g/mol. The molecule has 6 nitrogen and oxygen atoms in total. The minimum Gasteiger partial charge on any atom is -0.355 e. The van der Waals surface area contributed by atoms with Gasteiger partial charge in [-0.25, -0.2) is 4.68 Å². The number of nitrogens with zero attached hydrogens (tertiary/aromatic N) is 2. The molecule has 1 saturated heterocycles. The summed E-state index contributed by atoms with van der Waals surface area (Å²) >= 11 is 0. The van der Waals surface area contributed by atoms with Gasteiger partial charge in [0.05, 0.1) is 12.1 Å². The molecule has 0 spiro atoms. The SMILES string of the molecule is CC(C)n1nccc1NC(=O)C1CCC(=O)NC1. The zero-order valence-corrected chi connectivity index (χ0v) is 10.6. The van der Waals surface area contributed by atoms with Gasteiger partial charge in [-0.2, -0.15) is 5.10 Å². The monoisotopic (exact) mass is 250 g/mol. The number of anilines is 1. The van der Waals surface area contributed by atoms with E-state index in [4.69, 9.17) is 0 Å². The van der Waals surface area contributed by atoms with Crippen LogP contribution in [0.25, 0.3) is 0 Å². The summed E-state index contributed by atoms with van der Waals surface area (Å²) in [5, 5.41) is 9.73. The first kappa shape index (κ1) is 12.6. The fourth-order valence-corrected chi connectivity index (χ4v) is 2.01. The van der Waals surface area contributed by atoms with Crippen LogP contribution >= 0.6 is 0 Å². The molecule has 1 aromatic heterocycles. The van der Waals surface area contributed by atoms with Gasteiger partial charge >= 0.3 is 0 Å². The average Bonchev–Trinajstić information content (AvgIpc) is 2.78. The van der Waals surface area contributed by atoms with Gasteiger partial charge in [-0.05, 0) is 20.3 Å². The number of aromatic nitrogens is 2. The van der Waals surface area contributed by atoms with Gasteiger partial charge in [0.15, 0.2) is 0 Å². The highest BCUT2D eigenvalue weighted by Gasteiger charge is 2.25. The lowest BCUT2D eigenvalue weighted by Crippen LogP contribution is -2.40. The zero-order chi connectivity index (χ0) is 13.1. The van der Waals surface area contributed by atoms with Crippen LogP contribution in [-0.4, -0.2) is 28.1 Å². The van der Waals surface area contributed by atoms with Crippen molar-refractivity contribution in [2.75, 3.05) is 11.9 Å². The summed E-state index contributed by atoms with van der Waals surface area (Å²) < 4.78 is 1.76. The number of carbonyl (C=O) groups excluding carboxylic acids is 2. The summed E-state index contributed by atoms with van der Waals surface area (Å²) in [5.74, 6) is 0.508. The van der Waals surface area contributed by atoms with Crippen molar-refractivity contribution >= 4 is 17.6 Å².